The smallest absolute Gasteiger partial charge is 0.117 e. The molecule has 5 fully saturated rings. The van der Waals surface area contributed by atoms with Crippen molar-refractivity contribution in [2.24, 2.45) is 51.8 Å². The van der Waals surface area contributed by atoms with Crippen LogP contribution in [0.2, 0.25) is 0 Å². The van der Waals surface area contributed by atoms with Crippen molar-refractivity contribution in [2.45, 2.75) is 84.3 Å². The van der Waals surface area contributed by atoms with Gasteiger partial charge < -0.3 is 9.84 Å². The van der Waals surface area contributed by atoms with E-state index >= 15 is 0 Å². The van der Waals surface area contributed by atoms with E-state index in [0.29, 0.717) is 28.3 Å². The van der Waals surface area contributed by atoms with E-state index in [1.54, 1.807) is 0 Å². The molecule has 0 aromatic carbocycles. The van der Waals surface area contributed by atoms with E-state index in [2.05, 4.69) is 26.7 Å². The number of aliphatic hydroxyl groups excluding tert-OH is 1. The van der Waals surface area contributed by atoms with Gasteiger partial charge in [-0.05, 0) is 97.7 Å². The SMILES string of the molecule is C#C[C@@H](O)[C@@H](C)[C@H]1CC[C@H]2[C@@H]3C[C@@H](OC)[C@@]45C[C@H]4CC[C@]5(C)[C@H]3CC[C@]12C. The fourth-order valence-corrected chi connectivity index (χ4v) is 9.85. The molecule has 2 heteroatoms. The zero-order valence-corrected chi connectivity index (χ0v) is 17.7. The summed E-state index contributed by atoms with van der Waals surface area (Å²) in [5.74, 6) is 6.82. The van der Waals surface area contributed by atoms with Crippen molar-refractivity contribution in [3.05, 3.63) is 0 Å². The standard InChI is InChI=1S/C25H38O2/c1-6-21(26)15(2)18-7-8-19-17-13-22(27-5)25-14-16(25)9-12-24(25,4)20(17)10-11-23(18,19)3/h1,15-22,26H,7-14H2,2-5H3/t15-,16+,17-,18+,19-,20-,21+,22+,23+,24+,25+/m0/s1. The molecule has 27 heavy (non-hydrogen) atoms. The Balaban J connectivity index is 1.47. The Kier molecular flexibility index (Phi) is 3.95. The van der Waals surface area contributed by atoms with Crippen molar-refractivity contribution in [3.8, 4) is 12.3 Å². The molecule has 11 atom stereocenters. The predicted octanol–water partition coefficient (Wildman–Crippen LogP) is 4.90. The van der Waals surface area contributed by atoms with Gasteiger partial charge in [-0.3, -0.25) is 0 Å². The monoisotopic (exact) mass is 370 g/mol. The second-order valence-corrected chi connectivity index (χ2v) is 11.4. The van der Waals surface area contributed by atoms with Crippen LogP contribution in [-0.2, 0) is 4.74 Å². The second kappa shape index (κ2) is 5.76. The highest BCUT2D eigenvalue weighted by atomic mass is 16.5. The van der Waals surface area contributed by atoms with E-state index in [1.165, 1.54) is 51.4 Å². The first kappa shape index (κ1) is 18.5. The van der Waals surface area contributed by atoms with Gasteiger partial charge in [-0.15, -0.1) is 6.42 Å². The van der Waals surface area contributed by atoms with Crippen molar-refractivity contribution >= 4 is 0 Å². The van der Waals surface area contributed by atoms with Gasteiger partial charge in [0.2, 0.25) is 0 Å². The first-order valence-corrected chi connectivity index (χ1v) is 11.5. The molecule has 1 spiro atoms. The van der Waals surface area contributed by atoms with E-state index < -0.39 is 6.10 Å². The second-order valence-electron chi connectivity index (χ2n) is 11.4. The van der Waals surface area contributed by atoms with Crippen LogP contribution in [-0.4, -0.2) is 24.4 Å². The largest absolute Gasteiger partial charge is 0.381 e. The average Bonchev–Trinajstić information content (AvgIpc) is 3.17. The maximum atomic E-state index is 10.4. The van der Waals surface area contributed by atoms with Crippen molar-refractivity contribution in [1.82, 2.24) is 0 Å². The number of terminal acetylenes is 1. The van der Waals surface area contributed by atoms with Gasteiger partial charge in [0.15, 0.2) is 0 Å². The van der Waals surface area contributed by atoms with Crippen LogP contribution in [0.5, 0.6) is 0 Å². The summed E-state index contributed by atoms with van der Waals surface area (Å²) in [5.41, 5.74) is 1.37. The summed E-state index contributed by atoms with van der Waals surface area (Å²) in [6, 6.07) is 0. The summed E-state index contributed by atoms with van der Waals surface area (Å²) in [6.45, 7) is 7.37. The van der Waals surface area contributed by atoms with Gasteiger partial charge in [0, 0.05) is 12.5 Å². The van der Waals surface area contributed by atoms with Gasteiger partial charge in [0.1, 0.15) is 6.10 Å². The highest BCUT2D eigenvalue weighted by molar-refractivity contribution is 5.26. The van der Waals surface area contributed by atoms with Crippen LogP contribution in [0.15, 0.2) is 0 Å². The number of hydrogen-bond donors (Lipinski definition) is 1. The molecule has 0 bridgehead atoms. The Morgan fingerprint density at radius 1 is 1.11 bits per heavy atom. The third kappa shape index (κ3) is 2.06. The molecule has 5 aliphatic carbocycles. The molecule has 150 valence electrons. The lowest BCUT2D eigenvalue weighted by molar-refractivity contribution is -0.162. The minimum atomic E-state index is -0.593. The van der Waals surface area contributed by atoms with Crippen molar-refractivity contribution in [1.29, 1.82) is 0 Å². The summed E-state index contributed by atoms with van der Waals surface area (Å²) in [5, 5.41) is 10.4. The maximum absolute atomic E-state index is 10.4. The number of aliphatic hydroxyl groups is 1. The van der Waals surface area contributed by atoms with Crippen LogP contribution in [0.4, 0.5) is 0 Å². The van der Waals surface area contributed by atoms with Gasteiger partial charge >= 0.3 is 0 Å². The Hall–Kier alpha value is -0.520. The third-order valence-electron chi connectivity index (χ3n) is 11.2. The van der Waals surface area contributed by atoms with Crippen LogP contribution in [0.25, 0.3) is 0 Å². The number of methoxy groups -OCH3 is 1. The maximum Gasteiger partial charge on any atom is 0.117 e. The molecule has 0 aromatic heterocycles. The van der Waals surface area contributed by atoms with Gasteiger partial charge in [-0.25, -0.2) is 0 Å². The first-order valence-electron chi connectivity index (χ1n) is 11.5. The molecule has 0 aromatic rings. The van der Waals surface area contributed by atoms with E-state index in [0.717, 1.165) is 23.7 Å². The Labute approximate surface area is 165 Å². The highest BCUT2D eigenvalue weighted by Crippen LogP contribution is 2.82. The van der Waals surface area contributed by atoms with Gasteiger partial charge in [0.05, 0.1) is 6.10 Å². The normalized spacial score (nSPS) is 57.6. The molecule has 2 nitrogen and oxygen atoms in total. The van der Waals surface area contributed by atoms with Crippen molar-refractivity contribution in [3.63, 3.8) is 0 Å². The first-order chi connectivity index (χ1) is 12.8. The lowest BCUT2D eigenvalue weighted by atomic mass is 9.45. The lowest BCUT2D eigenvalue weighted by Gasteiger charge is -2.61. The molecule has 0 unspecified atom stereocenters. The Morgan fingerprint density at radius 3 is 2.56 bits per heavy atom. The van der Waals surface area contributed by atoms with Crippen LogP contribution in [0.1, 0.15) is 72.1 Å². The fraction of sp³-hybridized carbons (Fsp3) is 0.920. The number of rotatable bonds is 3. The fourth-order valence-electron chi connectivity index (χ4n) is 9.85. The summed E-state index contributed by atoms with van der Waals surface area (Å²) < 4.78 is 6.21. The quantitative estimate of drug-likeness (QED) is 0.716. The highest BCUT2D eigenvalue weighted by Gasteiger charge is 2.77. The van der Waals surface area contributed by atoms with Crippen LogP contribution in [0.3, 0.4) is 0 Å². The van der Waals surface area contributed by atoms with E-state index in [9.17, 15) is 5.11 Å². The Morgan fingerprint density at radius 2 is 1.89 bits per heavy atom. The summed E-state index contributed by atoms with van der Waals surface area (Å²) in [4.78, 5) is 0. The zero-order chi connectivity index (χ0) is 19.2. The topological polar surface area (TPSA) is 29.5 Å². The number of hydrogen-bond acceptors (Lipinski definition) is 2. The summed E-state index contributed by atoms with van der Waals surface area (Å²) in [6.07, 6.45) is 16.3. The molecule has 5 saturated carbocycles. The lowest BCUT2D eigenvalue weighted by Crippen LogP contribution is -2.57. The van der Waals surface area contributed by atoms with Gasteiger partial charge in [0.25, 0.3) is 0 Å². The number of ether oxygens (including phenoxy) is 1. The molecule has 0 radical (unpaired) electrons. The molecule has 0 aliphatic heterocycles. The van der Waals surface area contributed by atoms with Gasteiger partial charge in [-0.2, -0.15) is 0 Å². The van der Waals surface area contributed by atoms with Crippen molar-refractivity contribution in [2.75, 3.05) is 7.11 Å². The Bertz CT molecular complexity index is 666. The van der Waals surface area contributed by atoms with E-state index in [-0.39, 0.29) is 5.92 Å². The summed E-state index contributed by atoms with van der Waals surface area (Å²) in [7, 11) is 1.97. The summed E-state index contributed by atoms with van der Waals surface area (Å²) >= 11 is 0. The molecule has 1 N–H and O–H groups in total. The minimum Gasteiger partial charge on any atom is -0.381 e. The van der Waals surface area contributed by atoms with Crippen molar-refractivity contribution < 1.29 is 9.84 Å². The third-order valence-corrected chi connectivity index (χ3v) is 11.2. The zero-order valence-electron chi connectivity index (χ0n) is 17.7. The van der Waals surface area contributed by atoms with Crippen LogP contribution in [0, 0.1) is 64.1 Å². The van der Waals surface area contributed by atoms with E-state index in [4.69, 9.17) is 11.2 Å². The molecule has 5 rings (SSSR count). The van der Waals surface area contributed by atoms with Gasteiger partial charge in [-0.1, -0.05) is 26.7 Å². The average molecular weight is 371 g/mol. The molecular weight excluding hydrogens is 332 g/mol. The van der Waals surface area contributed by atoms with Crippen LogP contribution < -0.4 is 0 Å². The molecule has 5 aliphatic rings. The van der Waals surface area contributed by atoms with Crippen LogP contribution >= 0.6 is 0 Å². The molecule has 0 heterocycles. The number of fused-ring (bicyclic) bond motifs is 4. The molecule has 0 amide bonds. The predicted molar refractivity (Wildman–Crippen MR) is 108 cm³/mol. The minimum absolute atomic E-state index is 0.213. The molecular formula is C25H38O2. The van der Waals surface area contributed by atoms with E-state index in [1.807, 2.05) is 7.11 Å². The molecule has 0 saturated heterocycles.